The molecule has 3 N–H and O–H groups in total. The fourth-order valence-corrected chi connectivity index (χ4v) is 5.71. The number of nitrogens with zero attached hydrogens (tertiary/aromatic N) is 5. The number of amides is 1. The summed E-state index contributed by atoms with van der Waals surface area (Å²) in [5, 5.41) is 7.47. The molecule has 2 saturated heterocycles. The van der Waals surface area contributed by atoms with Crippen molar-refractivity contribution in [3.05, 3.63) is 41.6 Å². The van der Waals surface area contributed by atoms with Crippen molar-refractivity contribution in [2.24, 2.45) is 11.1 Å². The van der Waals surface area contributed by atoms with Crippen LogP contribution in [-0.2, 0) is 11.2 Å². The van der Waals surface area contributed by atoms with Crippen molar-refractivity contribution in [1.82, 2.24) is 20.2 Å². The van der Waals surface area contributed by atoms with Gasteiger partial charge < -0.3 is 15.4 Å². The van der Waals surface area contributed by atoms with Gasteiger partial charge in [-0.3, -0.25) is 14.8 Å². The summed E-state index contributed by atoms with van der Waals surface area (Å²) in [6.07, 6.45) is 4.64. The van der Waals surface area contributed by atoms with E-state index in [0.717, 1.165) is 55.9 Å². The molecular formula is C24H29N7O2. The Morgan fingerprint density at radius 1 is 1.21 bits per heavy atom. The Hall–Kier alpha value is -3.04. The van der Waals surface area contributed by atoms with Crippen molar-refractivity contribution >= 4 is 28.7 Å². The van der Waals surface area contributed by atoms with Crippen LogP contribution in [0.2, 0.25) is 0 Å². The molecule has 172 valence electrons. The summed E-state index contributed by atoms with van der Waals surface area (Å²) in [4.78, 5) is 26.7. The number of aromatic nitrogens is 4. The van der Waals surface area contributed by atoms with Gasteiger partial charge in [-0.25, -0.2) is 9.97 Å². The summed E-state index contributed by atoms with van der Waals surface area (Å²) in [6.45, 7) is 6.57. The Bertz CT molecular complexity index is 1220. The molecule has 9 heteroatoms. The Labute approximate surface area is 192 Å². The van der Waals surface area contributed by atoms with Crippen LogP contribution in [0.1, 0.15) is 42.6 Å². The number of nitrogens with one attached hydrogen (secondary N) is 1. The minimum absolute atomic E-state index is 0.0149. The minimum Gasteiger partial charge on any atom is -0.376 e. The van der Waals surface area contributed by atoms with Crippen LogP contribution in [0.3, 0.4) is 0 Å². The maximum atomic E-state index is 13.3. The van der Waals surface area contributed by atoms with E-state index in [2.05, 4.69) is 22.0 Å². The van der Waals surface area contributed by atoms with Crippen LogP contribution in [0, 0.1) is 5.41 Å². The van der Waals surface area contributed by atoms with Gasteiger partial charge in [0.25, 0.3) is 5.91 Å². The Morgan fingerprint density at radius 2 is 2.00 bits per heavy atom. The van der Waals surface area contributed by atoms with E-state index in [9.17, 15) is 4.79 Å². The van der Waals surface area contributed by atoms with E-state index in [0.29, 0.717) is 17.0 Å². The summed E-state index contributed by atoms with van der Waals surface area (Å²) in [5.74, 6) is 1.31. The third-order valence-corrected chi connectivity index (χ3v) is 7.82. The first-order valence-corrected chi connectivity index (χ1v) is 11.7. The topological polar surface area (TPSA) is 113 Å². The lowest BCUT2D eigenvalue weighted by atomic mass is 9.73. The quantitative estimate of drug-likeness (QED) is 0.620. The highest BCUT2D eigenvalue weighted by atomic mass is 16.5. The normalized spacial score (nSPS) is 26.9. The number of ether oxygens (including phenoxy) is 1. The predicted octanol–water partition coefficient (Wildman–Crippen LogP) is 2.28. The highest BCUT2D eigenvalue weighted by Gasteiger charge is 2.47. The molecule has 9 nitrogen and oxygen atoms in total. The van der Waals surface area contributed by atoms with E-state index in [1.807, 2.05) is 31.2 Å². The lowest BCUT2D eigenvalue weighted by Gasteiger charge is -2.41. The summed E-state index contributed by atoms with van der Waals surface area (Å²) in [5.41, 5.74) is 9.53. The van der Waals surface area contributed by atoms with Crippen molar-refractivity contribution in [3.63, 3.8) is 0 Å². The van der Waals surface area contributed by atoms with Gasteiger partial charge in [0.15, 0.2) is 17.0 Å². The summed E-state index contributed by atoms with van der Waals surface area (Å²) >= 11 is 0. The Balaban J connectivity index is 1.25. The standard InChI is InChI=1S/C24H29N7O2/c1-14-11-16-5-3-4-6-17(16)23(32)31(14)22-19-21(28-29-22)27-18(12-26-19)30-9-7-24(8-10-30)13-33-15(2)20(24)25/h3-6,12,14-15,20H,7-11,13,25H2,1-2H3,(H,27,28,29)/t14?,15-,20+/m0/s1. The van der Waals surface area contributed by atoms with Crippen molar-refractivity contribution in [2.45, 2.75) is 51.3 Å². The number of nitrogens with two attached hydrogens (primary N) is 1. The lowest BCUT2D eigenvalue weighted by Crippen LogP contribution is -2.50. The van der Waals surface area contributed by atoms with E-state index in [1.165, 1.54) is 0 Å². The van der Waals surface area contributed by atoms with Crippen molar-refractivity contribution in [2.75, 3.05) is 29.5 Å². The van der Waals surface area contributed by atoms with Gasteiger partial charge in [0, 0.05) is 36.2 Å². The van der Waals surface area contributed by atoms with E-state index >= 15 is 0 Å². The van der Waals surface area contributed by atoms with Crippen LogP contribution in [0.25, 0.3) is 11.2 Å². The molecule has 3 aliphatic rings. The number of piperidine rings is 1. The van der Waals surface area contributed by atoms with Crippen molar-refractivity contribution in [1.29, 1.82) is 0 Å². The molecule has 1 unspecified atom stereocenters. The lowest BCUT2D eigenvalue weighted by molar-refractivity contribution is 0.0968. The predicted molar refractivity (Wildman–Crippen MR) is 125 cm³/mol. The van der Waals surface area contributed by atoms with Gasteiger partial charge in [-0.15, -0.1) is 0 Å². The number of H-pyrrole nitrogens is 1. The molecule has 5 heterocycles. The van der Waals surface area contributed by atoms with Crippen LogP contribution in [-0.4, -0.2) is 64.0 Å². The summed E-state index contributed by atoms with van der Waals surface area (Å²) in [7, 11) is 0. The highest BCUT2D eigenvalue weighted by molar-refractivity contribution is 6.10. The molecule has 1 aromatic carbocycles. The molecule has 0 aliphatic carbocycles. The molecule has 3 aromatic rings. The van der Waals surface area contributed by atoms with Crippen molar-refractivity contribution in [3.8, 4) is 0 Å². The molecule has 2 fully saturated rings. The average molecular weight is 448 g/mol. The molecule has 6 rings (SSSR count). The van der Waals surface area contributed by atoms with Gasteiger partial charge in [-0.05, 0) is 44.7 Å². The molecule has 3 aliphatic heterocycles. The molecular weight excluding hydrogens is 418 g/mol. The summed E-state index contributed by atoms with van der Waals surface area (Å²) < 4.78 is 5.84. The smallest absolute Gasteiger partial charge is 0.260 e. The zero-order valence-corrected chi connectivity index (χ0v) is 19.0. The number of benzene rings is 1. The largest absolute Gasteiger partial charge is 0.376 e. The molecule has 3 atom stereocenters. The first kappa shape index (κ1) is 20.6. The molecule has 0 bridgehead atoms. The van der Waals surface area contributed by atoms with Gasteiger partial charge in [0.1, 0.15) is 5.82 Å². The van der Waals surface area contributed by atoms with E-state index in [4.69, 9.17) is 20.4 Å². The molecule has 2 aromatic heterocycles. The van der Waals surface area contributed by atoms with Gasteiger partial charge in [-0.1, -0.05) is 18.2 Å². The van der Waals surface area contributed by atoms with Crippen LogP contribution in [0.4, 0.5) is 11.6 Å². The number of aromatic amines is 1. The fourth-order valence-electron chi connectivity index (χ4n) is 5.71. The van der Waals surface area contributed by atoms with Crippen LogP contribution in [0.15, 0.2) is 30.5 Å². The number of hydrogen-bond acceptors (Lipinski definition) is 7. The second kappa shape index (κ2) is 7.50. The Kier molecular flexibility index (Phi) is 4.67. The minimum atomic E-state index is -0.0469. The van der Waals surface area contributed by atoms with Gasteiger partial charge in [0.05, 0.1) is 18.9 Å². The first-order valence-electron chi connectivity index (χ1n) is 11.7. The second-order valence-corrected chi connectivity index (χ2v) is 9.75. The van der Waals surface area contributed by atoms with E-state index in [-0.39, 0.29) is 29.5 Å². The molecule has 0 saturated carbocycles. The third kappa shape index (κ3) is 3.13. The Morgan fingerprint density at radius 3 is 2.76 bits per heavy atom. The second-order valence-electron chi connectivity index (χ2n) is 9.75. The fraction of sp³-hybridized carbons (Fsp3) is 0.500. The number of hydrogen-bond donors (Lipinski definition) is 2. The van der Waals surface area contributed by atoms with Crippen LogP contribution in [0.5, 0.6) is 0 Å². The number of carbonyl (C=O) groups is 1. The number of fused-ring (bicyclic) bond motifs is 2. The molecule has 33 heavy (non-hydrogen) atoms. The number of carbonyl (C=O) groups excluding carboxylic acids is 1. The monoisotopic (exact) mass is 447 g/mol. The van der Waals surface area contributed by atoms with Crippen LogP contribution < -0.4 is 15.5 Å². The molecule has 0 radical (unpaired) electrons. The first-order chi connectivity index (χ1) is 16.0. The van der Waals surface area contributed by atoms with Gasteiger partial charge >= 0.3 is 0 Å². The van der Waals surface area contributed by atoms with E-state index in [1.54, 1.807) is 11.1 Å². The van der Waals surface area contributed by atoms with E-state index < -0.39 is 0 Å². The molecule has 1 spiro atoms. The van der Waals surface area contributed by atoms with Crippen molar-refractivity contribution < 1.29 is 9.53 Å². The highest BCUT2D eigenvalue weighted by Crippen LogP contribution is 2.42. The maximum absolute atomic E-state index is 13.3. The van der Waals surface area contributed by atoms with Crippen LogP contribution >= 0.6 is 0 Å². The summed E-state index contributed by atoms with van der Waals surface area (Å²) in [6, 6.07) is 7.83. The average Bonchev–Trinajstić information content (AvgIpc) is 3.36. The van der Waals surface area contributed by atoms with Gasteiger partial charge in [0.2, 0.25) is 0 Å². The number of anilines is 2. The SMILES string of the molecule is CC1Cc2ccccc2C(=O)N1c1n[nH]c2nc(N3CCC4(CC3)CO[C@@H](C)[C@H]4N)cnc12. The zero-order valence-electron chi connectivity index (χ0n) is 19.0. The number of rotatable bonds is 2. The zero-order chi connectivity index (χ0) is 22.7. The maximum Gasteiger partial charge on any atom is 0.260 e. The third-order valence-electron chi connectivity index (χ3n) is 7.82. The molecule has 1 amide bonds. The van der Waals surface area contributed by atoms with Gasteiger partial charge in [-0.2, -0.15) is 5.10 Å².